The van der Waals surface area contributed by atoms with Gasteiger partial charge in [0.05, 0.1) is 29.5 Å². The zero-order valence-electron chi connectivity index (χ0n) is 15.7. The third kappa shape index (κ3) is 2.83. The normalized spacial score (nSPS) is 19.4. The number of carbonyl (C=O) groups excluding carboxylic acids is 1. The Bertz CT molecular complexity index is 1010. The molecule has 0 spiro atoms. The second-order valence-corrected chi connectivity index (χ2v) is 8.01. The van der Waals surface area contributed by atoms with Gasteiger partial charge in [-0.25, -0.2) is 9.67 Å². The minimum absolute atomic E-state index is 0.00716. The maximum absolute atomic E-state index is 13.2. The van der Waals surface area contributed by atoms with Gasteiger partial charge in [0.25, 0.3) is 5.91 Å². The molecule has 0 radical (unpaired) electrons. The average molecular weight is 364 g/mol. The highest BCUT2D eigenvalue weighted by Crippen LogP contribution is 2.40. The molecule has 1 unspecified atom stereocenters. The number of carbonyl (C=O) groups is 1. The lowest BCUT2D eigenvalue weighted by Crippen LogP contribution is -2.30. The highest BCUT2D eigenvalue weighted by molar-refractivity contribution is 6.05. The molecule has 0 aromatic carbocycles. The van der Waals surface area contributed by atoms with Crippen molar-refractivity contribution in [2.75, 3.05) is 0 Å². The van der Waals surface area contributed by atoms with Crippen LogP contribution in [0.5, 0.6) is 0 Å². The van der Waals surface area contributed by atoms with E-state index in [1.807, 2.05) is 16.8 Å². The van der Waals surface area contributed by atoms with E-state index in [-0.39, 0.29) is 18.0 Å². The number of fused-ring (bicyclic) bond motifs is 2. The second-order valence-electron chi connectivity index (χ2n) is 8.01. The first-order chi connectivity index (χ1) is 13.1. The number of hydrogen-bond donors (Lipinski definition) is 1. The van der Waals surface area contributed by atoms with E-state index in [0.29, 0.717) is 11.5 Å². The van der Waals surface area contributed by atoms with Crippen LogP contribution in [0.15, 0.2) is 29.0 Å². The van der Waals surface area contributed by atoms with Crippen LogP contribution >= 0.6 is 0 Å². The number of amides is 1. The number of aromatic nitrogens is 3. The van der Waals surface area contributed by atoms with Crippen LogP contribution in [0.3, 0.4) is 0 Å². The molecule has 5 rings (SSSR count). The monoisotopic (exact) mass is 364 g/mol. The molecule has 1 fully saturated rings. The SMILES string of the molecule is CC(C)n1ncc2c(C(=O)NC3CCCc4occc43)cc(C3CC3)nc21. The molecule has 0 saturated heterocycles. The molecule has 27 heavy (non-hydrogen) atoms. The summed E-state index contributed by atoms with van der Waals surface area (Å²) in [6.07, 6.45) is 8.70. The highest BCUT2D eigenvalue weighted by Gasteiger charge is 2.30. The molecule has 1 N–H and O–H groups in total. The Morgan fingerprint density at radius 1 is 1.33 bits per heavy atom. The van der Waals surface area contributed by atoms with Crippen molar-refractivity contribution < 1.29 is 9.21 Å². The average Bonchev–Trinajstić information content (AvgIpc) is 3.23. The van der Waals surface area contributed by atoms with Crippen LogP contribution in [-0.2, 0) is 6.42 Å². The molecular formula is C21H24N4O2. The summed E-state index contributed by atoms with van der Waals surface area (Å²) in [4.78, 5) is 18.1. The van der Waals surface area contributed by atoms with Crippen LogP contribution in [0.1, 0.15) is 84.9 Å². The van der Waals surface area contributed by atoms with Gasteiger partial charge in [0.15, 0.2) is 5.65 Å². The zero-order valence-corrected chi connectivity index (χ0v) is 15.7. The predicted molar refractivity (Wildman–Crippen MR) is 102 cm³/mol. The van der Waals surface area contributed by atoms with Crippen LogP contribution in [0.2, 0.25) is 0 Å². The van der Waals surface area contributed by atoms with Crippen LogP contribution in [-0.4, -0.2) is 20.7 Å². The van der Waals surface area contributed by atoms with E-state index < -0.39 is 0 Å². The Labute approximate surface area is 158 Å². The molecule has 3 aromatic heterocycles. The van der Waals surface area contributed by atoms with Crippen LogP contribution < -0.4 is 5.32 Å². The minimum atomic E-state index is -0.0494. The molecule has 140 valence electrons. The first-order valence-corrected chi connectivity index (χ1v) is 9.87. The Morgan fingerprint density at radius 2 is 2.19 bits per heavy atom. The molecule has 2 aliphatic rings. The standard InChI is InChI=1S/C21H24N4O2/c1-12(2)25-20-16(11-22-25)15(10-18(23-20)13-6-7-13)21(26)24-17-4-3-5-19-14(17)8-9-27-19/h8-13,17H,3-7H2,1-2H3,(H,24,26). The largest absolute Gasteiger partial charge is 0.469 e. The number of nitrogens with zero attached hydrogens (tertiary/aromatic N) is 3. The molecule has 2 aliphatic carbocycles. The fourth-order valence-corrected chi connectivity index (χ4v) is 4.06. The third-order valence-electron chi connectivity index (χ3n) is 5.67. The molecular weight excluding hydrogens is 340 g/mol. The second kappa shape index (κ2) is 6.22. The van der Waals surface area contributed by atoms with Gasteiger partial charge >= 0.3 is 0 Å². The van der Waals surface area contributed by atoms with Crippen molar-refractivity contribution in [1.29, 1.82) is 0 Å². The summed E-state index contributed by atoms with van der Waals surface area (Å²) in [5, 5.41) is 8.55. The number of furan rings is 1. The fourth-order valence-electron chi connectivity index (χ4n) is 4.06. The number of pyridine rings is 1. The summed E-state index contributed by atoms with van der Waals surface area (Å²) < 4.78 is 7.47. The van der Waals surface area contributed by atoms with Crippen molar-refractivity contribution in [3.8, 4) is 0 Å². The van der Waals surface area contributed by atoms with Crippen LogP contribution in [0.4, 0.5) is 0 Å². The minimum Gasteiger partial charge on any atom is -0.469 e. The Balaban J connectivity index is 1.53. The van der Waals surface area contributed by atoms with Gasteiger partial charge in [0.1, 0.15) is 5.76 Å². The lowest BCUT2D eigenvalue weighted by molar-refractivity contribution is 0.0933. The van der Waals surface area contributed by atoms with Gasteiger partial charge in [0.2, 0.25) is 0 Å². The van der Waals surface area contributed by atoms with E-state index in [1.54, 1.807) is 12.5 Å². The summed E-state index contributed by atoms with van der Waals surface area (Å²) in [5.41, 5.74) is 3.62. The smallest absolute Gasteiger partial charge is 0.252 e. The number of hydrogen-bond acceptors (Lipinski definition) is 4. The fraction of sp³-hybridized carbons (Fsp3) is 0.476. The number of aryl methyl sites for hydroxylation is 1. The van der Waals surface area contributed by atoms with Crippen LogP contribution in [0.25, 0.3) is 11.0 Å². The van der Waals surface area contributed by atoms with Gasteiger partial charge < -0.3 is 9.73 Å². The van der Waals surface area contributed by atoms with Crippen molar-refractivity contribution in [3.63, 3.8) is 0 Å². The molecule has 3 heterocycles. The van der Waals surface area contributed by atoms with Gasteiger partial charge in [-0.2, -0.15) is 5.10 Å². The summed E-state index contributed by atoms with van der Waals surface area (Å²) in [6, 6.07) is 4.16. The molecule has 1 atom stereocenters. The lowest BCUT2D eigenvalue weighted by Gasteiger charge is -2.23. The van der Waals surface area contributed by atoms with Crippen molar-refractivity contribution >= 4 is 16.9 Å². The summed E-state index contributed by atoms with van der Waals surface area (Å²) >= 11 is 0. The predicted octanol–water partition coefficient (Wildman–Crippen LogP) is 4.29. The topological polar surface area (TPSA) is 73.0 Å². The zero-order chi connectivity index (χ0) is 18.5. The summed E-state index contributed by atoms with van der Waals surface area (Å²) in [5.74, 6) is 1.43. The number of nitrogens with one attached hydrogen (secondary N) is 1. The highest BCUT2D eigenvalue weighted by atomic mass is 16.3. The van der Waals surface area contributed by atoms with Gasteiger partial charge in [0, 0.05) is 29.6 Å². The Morgan fingerprint density at radius 3 is 2.96 bits per heavy atom. The molecule has 1 amide bonds. The van der Waals surface area contributed by atoms with E-state index >= 15 is 0 Å². The first kappa shape index (κ1) is 16.5. The molecule has 3 aromatic rings. The van der Waals surface area contributed by atoms with Crippen molar-refractivity contribution in [2.24, 2.45) is 0 Å². The molecule has 0 bridgehead atoms. The van der Waals surface area contributed by atoms with Crippen molar-refractivity contribution in [2.45, 2.75) is 64.0 Å². The molecule has 6 heteroatoms. The van der Waals surface area contributed by atoms with E-state index in [4.69, 9.17) is 9.40 Å². The van der Waals surface area contributed by atoms with Crippen molar-refractivity contribution in [3.05, 3.63) is 47.2 Å². The first-order valence-electron chi connectivity index (χ1n) is 9.87. The maximum Gasteiger partial charge on any atom is 0.252 e. The Hall–Kier alpha value is -2.63. The quantitative estimate of drug-likeness (QED) is 0.749. The van der Waals surface area contributed by atoms with Gasteiger partial charge in [-0.15, -0.1) is 0 Å². The van der Waals surface area contributed by atoms with Crippen LogP contribution in [0, 0.1) is 0 Å². The van der Waals surface area contributed by atoms with E-state index in [9.17, 15) is 4.79 Å². The Kier molecular flexibility index (Phi) is 3.81. The molecule has 1 saturated carbocycles. The van der Waals surface area contributed by atoms with Gasteiger partial charge in [-0.05, 0) is 51.7 Å². The van der Waals surface area contributed by atoms with Gasteiger partial charge in [-0.1, -0.05) is 0 Å². The van der Waals surface area contributed by atoms with E-state index in [1.165, 1.54) is 0 Å². The van der Waals surface area contributed by atoms with E-state index in [0.717, 1.165) is 60.2 Å². The maximum atomic E-state index is 13.2. The van der Waals surface area contributed by atoms with Crippen molar-refractivity contribution in [1.82, 2.24) is 20.1 Å². The van der Waals surface area contributed by atoms with E-state index in [2.05, 4.69) is 24.3 Å². The number of rotatable bonds is 4. The molecule has 0 aliphatic heterocycles. The summed E-state index contributed by atoms with van der Waals surface area (Å²) in [7, 11) is 0. The third-order valence-corrected chi connectivity index (χ3v) is 5.67. The lowest BCUT2D eigenvalue weighted by atomic mass is 9.93. The molecule has 6 nitrogen and oxygen atoms in total. The van der Waals surface area contributed by atoms with Gasteiger partial charge in [-0.3, -0.25) is 4.79 Å². The summed E-state index contributed by atoms with van der Waals surface area (Å²) in [6.45, 7) is 4.17.